The molecule has 2 heterocycles. The predicted molar refractivity (Wildman–Crippen MR) is 223 cm³/mol. The lowest BCUT2D eigenvalue weighted by atomic mass is 10.0. The second kappa shape index (κ2) is 12.4. The van der Waals surface area contributed by atoms with Crippen molar-refractivity contribution in [3.63, 3.8) is 0 Å². The molecular formula is C48H31NS2. The molecule has 51 heavy (non-hydrogen) atoms. The molecule has 0 atom stereocenters. The van der Waals surface area contributed by atoms with Gasteiger partial charge in [-0.05, 0) is 105 Å². The van der Waals surface area contributed by atoms with Crippen LogP contribution in [0.4, 0.5) is 17.1 Å². The molecule has 0 bridgehead atoms. The van der Waals surface area contributed by atoms with Crippen molar-refractivity contribution in [3.8, 4) is 32.7 Å². The summed E-state index contributed by atoms with van der Waals surface area (Å²) in [5.41, 5.74) is 9.53. The molecule has 0 amide bonds. The molecule has 8 aromatic carbocycles. The third-order valence-electron chi connectivity index (χ3n) is 9.88. The van der Waals surface area contributed by atoms with E-state index in [0.29, 0.717) is 0 Å². The number of fused-ring (bicyclic) bond motifs is 5. The lowest BCUT2D eigenvalue weighted by Crippen LogP contribution is -2.09. The molecule has 2 aromatic heterocycles. The van der Waals surface area contributed by atoms with Gasteiger partial charge in [-0.1, -0.05) is 127 Å². The summed E-state index contributed by atoms with van der Waals surface area (Å²) in [5.74, 6) is 0. The number of anilines is 3. The minimum atomic E-state index is 1.12. The average Bonchev–Trinajstić information content (AvgIpc) is 3.81. The summed E-state index contributed by atoms with van der Waals surface area (Å²) in [7, 11) is 0. The molecule has 0 aliphatic heterocycles. The predicted octanol–water partition coefficient (Wildman–Crippen LogP) is 14.9. The van der Waals surface area contributed by atoms with Gasteiger partial charge in [-0.15, -0.1) is 22.7 Å². The average molecular weight is 686 g/mol. The Kier molecular flexibility index (Phi) is 7.26. The molecular weight excluding hydrogens is 655 g/mol. The molecule has 0 unspecified atom stereocenters. The second-order valence-corrected chi connectivity index (χ2v) is 15.1. The van der Waals surface area contributed by atoms with Gasteiger partial charge in [-0.3, -0.25) is 0 Å². The van der Waals surface area contributed by atoms with Crippen molar-refractivity contribution in [2.45, 2.75) is 0 Å². The van der Waals surface area contributed by atoms with Crippen LogP contribution in [0.25, 0.3) is 73.7 Å². The highest BCUT2D eigenvalue weighted by Gasteiger charge is 2.16. The minimum absolute atomic E-state index is 1.12. The first-order valence-corrected chi connectivity index (χ1v) is 18.9. The van der Waals surface area contributed by atoms with E-state index in [9.17, 15) is 0 Å². The number of nitrogens with zero attached hydrogens (tertiary/aromatic N) is 1. The fourth-order valence-corrected chi connectivity index (χ4v) is 9.59. The van der Waals surface area contributed by atoms with E-state index in [1.54, 1.807) is 0 Å². The molecule has 0 spiro atoms. The van der Waals surface area contributed by atoms with Gasteiger partial charge in [0.15, 0.2) is 0 Å². The van der Waals surface area contributed by atoms with Gasteiger partial charge in [0.25, 0.3) is 0 Å². The standard InChI is InChI=1S/C48H31NS2/c1-2-9-36-30-37(17-16-32(36)8-1)33-18-24-39(25-19-33)49(41-28-22-35(23-29-41)47-31-38-10-3-5-14-45(38)50-47)40-26-20-34(21-27-40)42-12-7-13-44-43-11-4-6-15-46(43)51-48(42)44/h1-31H. The maximum atomic E-state index is 2.36. The molecule has 0 aliphatic rings. The third-order valence-corrected chi connectivity index (χ3v) is 12.3. The van der Waals surface area contributed by atoms with E-state index in [1.807, 2.05) is 22.7 Å². The van der Waals surface area contributed by atoms with E-state index in [4.69, 9.17) is 0 Å². The minimum Gasteiger partial charge on any atom is -0.311 e. The fraction of sp³-hybridized carbons (Fsp3) is 0. The number of thiophene rings is 2. The van der Waals surface area contributed by atoms with Gasteiger partial charge in [0, 0.05) is 46.8 Å². The lowest BCUT2D eigenvalue weighted by Gasteiger charge is -2.26. The SMILES string of the molecule is c1ccc2cc(-c3ccc(N(c4ccc(-c5cc6ccccc6s5)cc4)c4ccc(-c5cccc6c5sc5ccccc56)cc4)cc3)ccc2c1. The van der Waals surface area contributed by atoms with E-state index in [0.717, 1.165) is 17.1 Å². The van der Waals surface area contributed by atoms with E-state index < -0.39 is 0 Å². The molecule has 240 valence electrons. The first kappa shape index (κ1) is 29.9. The van der Waals surface area contributed by atoms with E-state index in [-0.39, 0.29) is 0 Å². The summed E-state index contributed by atoms with van der Waals surface area (Å²) >= 11 is 3.72. The van der Waals surface area contributed by atoms with Crippen molar-refractivity contribution in [1.82, 2.24) is 0 Å². The summed E-state index contributed by atoms with van der Waals surface area (Å²) < 4.78 is 3.98. The van der Waals surface area contributed by atoms with Gasteiger partial charge in [0.2, 0.25) is 0 Å². The Morgan fingerprint density at radius 1 is 0.333 bits per heavy atom. The van der Waals surface area contributed by atoms with Gasteiger partial charge < -0.3 is 4.90 Å². The van der Waals surface area contributed by atoms with Crippen LogP contribution in [0.1, 0.15) is 0 Å². The number of rotatable bonds is 6. The van der Waals surface area contributed by atoms with Crippen LogP contribution < -0.4 is 4.90 Å². The van der Waals surface area contributed by atoms with Gasteiger partial charge in [0.1, 0.15) is 0 Å². The highest BCUT2D eigenvalue weighted by molar-refractivity contribution is 7.26. The zero-order valence-electron chi connectivity index (χ0n) is 27.7. The van der Waals surface area contributed by atoms with Crippen molar-refractivity contribution < 1.29 is 0 Å². The van der Waals surface area contributed by atoms with Crippen molar-refractivity contribution in [2.24, 2.45) is 0 Å². The third kappa shape index (κ3) is 5.39. The Balaban J connectivity index is 1.04. The Morgan fingerprint density at radius 3 is 1.63 bits per heavy atom. The Labute approximate surface area is 304 Å². The normalized spacial score (nSPS) is 11.5. The van der Waals surface area contributed by atoms with Crippen LogP contribution in [0, 0.1) is 0 Å². The Hall–Kier alpha value is -6.00. The summed E-state index contributed by atoms with van der Waals surface area (Å²) in [6.07, 6.45) is 0. The molecule has 0 fully saturated rings. The summed E-state index contributed by atoms with van der Waals surface area (Å²) in [6.45, 7) is 0. The first-order chi connectivity index (χ1) is 25.2. The van der Waals surface area contributed by atoms with Gasteiger partial charge in [-0.2, -0.15) is 0 Å². The maximum absolute atomic E-state index is 2.36. The van der Waals surface area contributed by atoms with Crippen molar-refractivity contribution >= 4 is 80.8 Å². The van der Waals surface area contributed by atoms with E-state index >= 15 is 0 Å². The molecule has 10 aromatic rings. The molecule has 0 aliphatic carbocycles. The lowest BCUT2D eigenvalue weighted by molar-refractivity contribution is 1.28. The van der Waals surface area contributed by atoms with E-state index in [2.05, 4.69) is 193 Å². The number of hydrogen-bond acceptors (Lipinski definition) is 3. The highest BCUT2D eigenvalue weighted by Crippen LogP contribution is 2.42. The molecule has 0 saturated carbocycles. The molecule has 10 rings (SSSR count). The Morgan fingerprint density at radius 2 is 0.902 bits per heavy atom. The fourth-order valence-electron chi connectivity index (χ4n) is 7.28. The maximum Gasteiger partial charge on any atom is 0.0462 e. The largest absolute Gasteiger partial charge is 0.311 e. The number of benzene rings is 8. The van der Waals surface area contributed by atoms with Crippen molar-refractivity contribution in [3.05, 3.63) is 188 Å². The van der Waals surface area contributed by atoms with Crippen molar-refractivity contribution in [1.29, 1.82) is 0 Å². The van der Waals surface area contributed by atoms with Gasteiger partial charge in [-0.25, -0.2) is 0 Å². The van der Waals surface area contributed by atoms with Crippen molar-refractivity contribution in [2.75, 3.05) is 4.90 Å². The summed E-state index contributed by atoms with van der Waals surface area (Å²) in [4.78, 5) is 3.65. The van der Waals surface area contributed by atoms with Crippen LogP contribution in [-0.4, -0.2) is 0 Å². The zero-order valence-corrected chi connectivity index (χ0v) is 29.3. The topological polar surface area (TPSA) is 3.24 Å². The van der Waals surface area contributed by atoms with Crippen LogP contribution in [0.15, 0.2) is 188 Å². The molecule has 0 radical (unpaired) electrons. The van der Waals surface area contributed by atoms with Crippen LogP contribution in [-0.2, 0) is 0 Å². The Bertz CT molecular complexity index is 2810. The summed E-state index contributed by atoms with van der Waals surface area (Å²) in [6, 6.07) is 68.7. The second-order valence-electron chi connectivity index (χ2n) is 13.0. The monoisotopic (exact) mass is 685 g/mol. The van der Waals surface area contributed by atoms with Gasteiger partial charge >= 0.3 is 0 Å². The smallest absolute Gasteiger partial charge is 0.0462 e. The van der Waals surface area contributed by atoms with Crippen LogP contribution >= 0.6 is 22.7 Å². The number of hydrogen-bond donors (Lipinski definition) is 0. The molecule has 3 heteroatoms. The first-order valence-electron chi connectivity index (χ1n) is 17.2. The summed E-state index contributed by atoms with van der Waals surface area (Å²) in [5, 5.41) is 6.46. The van der Waals surface area contributed by atoms with E-state index in [1.165, 1.54) is 73.7 Å². The van der Waals surface area contributed by atoms with Crippen LogP contribution in [0.3, 0.4) is 0 Å². The van der Waals surface area contributed by atoms with Gasteiger partial charge in [0.05, 0.1) is 0 Å². The zero-order chi connectivity index (χ0) is 33.7. The highest BCUT2D eigenvalue weighted by atomic mass is 32.1. The quantitative estimate of drug-likeness (QED) is 0.168. The van der Waals surface area contributed by atoms with Crippen LogP contribution in [0.5, 0.6) is 0 Å². The molecule has 0 N–H and O–H groups in total. The van der Waals surface area contributed by atoms with Crippen LogP contribution in [0.2, 0.25) is 0 Å². The molecule has 0 saturated heterocycles. The molecule has 1 nitrogen and oxygen atoms in total.